The predicted molar refractivity (Wildman–Crippen MR) is 70.6 cm³/mol. The van der Waals surface area contributed by atoms with Crippen molar-refractivity contribution in [1.82, 2.24) is 0 Å². The minimum absolute atomic E-state index is 0.722. The Morgan fingerprint density at radius 2 is 1.52 bits per heavy atom. The standard InChI is InChI=1S/C11H24NO.CBF6/c1-4-9-13-10-12(11(2)3)7-5-6-8-12;3-1(4,5)2(6,7)8/h11H,4-10H2,1-3H3;/q+1;-1. The Labute approximate surface area is 122 Å². The summed E-state index contributed by atoms with van der Waals surface area (Å²) in [6.45, 7) is 4.67. The van der Waals surface area contributed by atoms with Gasteiger partial charge in [-0.3, -0.25) is 4.48 Å². The summed E-state index contributed by atoms with van der Waals surface area (Å²) < 4.78 is 69.8. The Hall–Kier alpha value is -0.435. The summed E-state index contributed by atoms with van der Waals surface area (Å²) in [5.41, 5.74) is 0. The Balaban J connectivity index is 0.000000433. The Morgan fingerprint density at radius 3 is 1.81 bits per heavy atom. The second-order valence-electron chi connectivity index (χ2n) is 5.62. The zero-order valence-corrected chi connectivity index (χ0v) is 12.7. The Kier molecular flexibility index (Phi) is 8.09. The van der Waals surface area contributed by atoms with E-state index in [4.69, 9.17) is 4.74 Å². The maximum absolute atomic E-state index is 10.5. The molecular formula is C12H24BF6NO. The first kappa shape index (κ1) is 20.6. The second-order valence-corrected chi connectivity index (χ2v) is 5.62. The fourth-order valence-corrected chi connectivity index (χ4v) is 2.15. The van der Waals surface area contributed by atoms with E-state index >= 15 is 0 Å². The minimum atomic E-state index is -6.65. The van der Waals surface area contributed by atoms with Gasteiger partial charge in [0.15, 0.2) is 6.73 Å². The summed E-state index contributed by atoms with van der Waals surface area (Å²) in [4.78, 5) is 0. The molecule has 0 aromatic rings. The van der Waals surface area contributed by atoms with Crippen LogP contribution in [-0.2, 0) is 4.74 Å². The number of halogens is 6. The van der Waals surface area contributed by atoms with Crippen molar-refractivity contribution in [3.63, 3.8) is 0 Å². The molecule has 0 aromatic heterocycles. The van der Waals surface area contributed by atoms with Gasteiger partial charge in [0.1, 0.15) is 0 Å². The van der Waals surface area contributed by atoms with Crippen LogP contribution >= 0.6 is 0 Å². The summed E-state index contributed by atoms with van der Waals surface area (Å²) in [5, 5.41) is 0. The molecule has 21 heavy (non-hydrogen) atoms. The second kappa shape index (κ2) is 8.26. The number of ether oxygens (including phenoxy) is 1. The maximum Gasteiger partial charge on any atom is 0.583 e. The summed E-state index contributed by atoms with van der Waals surface area (Å²) in [6, 6.07) is 0.722. The van der Waals surface area contributed by atoms with Crippen LogP contribution in [0.3, 0.4) is 0 Å². The number of quaternary nitrogens is 1. The normalized spacial score (nSPS) is 18.6. The highest BCUT2D eigenvalue weighted by Crippen LogP contribution is 2.31. The molecule has 0 aromatic carbocycles. The first-order valence-electron chi connectivity index (χ1n) is 7.16. The lowest BCUT2D eigenvalue weighted by Gasteiger charge is -2.37. The monoisotopic (exact) mass is 323 g/mol. The first-order valence-corrected chi connectivity index (χ1v) is 7.16. The average Bonchev–Trinajstić information content (AvgIpc) is 2.77. The van der Waals surface area contributed by atoms with Crippen LogP contribution in [0.25, 0.3) is 0 Å². The summed E-state index contributed by atoms with van der Waals surface area (Å²) in [5.74, 6) is 0. The van der Waals surface area contributed by atoms with Gasteiger partial charge in [-0.15, -0.1) is 0 Å². The largest absolute Gasteiger partial charge is 0.583 e. The van der Waals surface area contributed by atoms with Crippen LogP contribution in [0.15, 0.2) is 0 Å². The molecule has 1 heterocycles. The third kappa shape index (κ3) is 6.91. The topological polar surface area (TPSA) is 9.23 Å². The maximum atomic E-state index is 10.5. The van der Waals surface area contributed by atoms with E-state index in [1.54, 1.807) is 0 Å². The van der Waals surface area contributed by atoms with E-state index < -0.39 is 13.1 Å². The van der Waals surface area contributed by atoms with E-state index in [1.165, 1.54) is 30.4 Å². The molecule has 0 spiro atoms. The van der Waals surface area contributed by atoms with Crippen LogP contribution in [0.2, 0.25) is 0 Å². The third-order valence-corrected chi connectivity index (χ3v) is 3.62. The quantitative estimate of drug-likeness (QED) is 0.317. The van der Waals surface area contributed by atoms with Crippen LogP contribution in [-0.4, -0.2) is 50.0 Å². The molecule has 9 heteroatoms. The van der Waals surface area contributed by atoms with Crippen molar-refractivity contribution in [1.29, 1.82) is 0 Å². The summed E-state index contributed by atoms with van der Waals surface area (Å²) in [6.07, 6.45) is -2.10. The number of hydrogen-bond donors (Lipinski definition) is 0. The van der Waals surface area contributed by atoms with E-state index in [0.29, 0.717) is 0 Å². The molecule has 0 aliphatic carbocycles. The van der Waals surface area contributed by atoms with E-state index in [1.807, 2.05) is 0 Å². The Bertz CT molecular complexity index is 274. The van der Waals surface area contributed by atoms with Crippen LogP contribution in [0, 0.1) is 0 Å². The van der Waals surface area contributed by atoms with Gasteiger partial charge in [0.05, 0.1) is 25.7 Å². The molecule has 0 unspecified atom stereocenters. The van der Waals surface area contributed by atoms with E-state index in [9.17, 15) is 26.1 Å². The van der Waals surface area contributed by atoms with Crippen molar-refractivity contribution < 1.29 is 35.3 Å². The molecule has 0 radical (unpaired) electrons. The highest BCUT2D eigenvalue weighted by Gasteiger charge is 2.53. The van der Waals surface area contributed by atoms with Crippen LogP contribution < -0.4 is 0 Å². The lowest BCUT2D eigenvalue weighted by Crippen LogP contribution is -2.52. The molecule has 1 aliphatic heterocycles. The van der Waals surface area contributed by atoms with Gasteiger partial charge in [-0.1, -0.05) is 6.92 Å². The average molecular weight is 323 g/mol. The van der Waals surface area contributed by atoms with Gasteiger partial charge in [-0.05, 0) is 20.3 Å². The highest BCUT2D eigenvalue weighted by atomic mass is 19.4. The minimum Gasteiger partial charge on any atom is -0.443 e. The molecule has 0 N–H and O–H groups in total. The third-order valence-electron chi connectivity index (χ3n) is 3.62. The van der Waals surface area contributed by atoms with Gasteiger partial charge >= 0.3 is 13.1 Å². The van der Waals surface area contributed by atoms with Crippen LogP contribution in [0.4, 0.5) is 26.1 Å². The number of nitrogens with zero attached hydrogens (tertiary/aromatic N) is 1. The van der Waals surface area contributed by atoms with Crippen molar-refractivity contribution in [2.45, 2.75) is 52.2 Å². The van der Waals surface area contributed by atoms with Crippen molar-refractivity contribution in [2.24, 2.45) is 0 Å². The molecule has 1 fully saturated rings. The lowest BCUT2D eigenvalue weighted by molar-refractivity contribution is -0.954. The van der Waals surface area contributed by atoms with Crippen LogP contribution in [0.1, 0.15) is 40.0 Å². The van der Waals surface area contributed by atoms with Crippen molar-refractivity contribution in [3.8, 4) is 0 Å². The van der Waals surface area contributed by atoms with E-state index in [-0.39, 0.29) is 0 Å². The SMILES string of the molecule is CCCOC[N+]1(C(C)C)CCCC1.F[B-](F)(F)C(F)(F)F. The number of rotatable bonds is 5. The van der Waals surface area contributed by atoms with Crippen molar-refractivity contribution in [3.05, 3.63) is 0 Å². The first-order chi connectivity index (χ1) is 9.46. The van der Waals surface area contributed by atoms with Gasteiger partial charge in [0.2, 0.25) is 0 Å². The van der Waals surface area contributed by atoms with Gasteiger partial charge in [0.25, 0.3) is 0 Å². The lowest BCUT2D eigenvalue weighted by atomic mass is 9.92. The zero-order chi connectivity index (χ0) is 16.7. The number of hydrogen-bond acceptors (Lipinski definition) is 1. The molecule has 0 saturated carbocycles. The molecule has 1 rings (SSSR count). The van der Waals surface area contributed by atoms with Gasteiger partial charge in [-0.2, -0.15) is 0 Å². The highest BCUT2D eigenvalue weighted by molar-refractivity contribution is 6.60. The fourth-order valence-electron chi connectivity index (χ4n) is 2.15. The van der Waals surface area contributed by atoms with Crippen LogP contribution in [0.5, 0.6) is 0 Å². The molecular weight excluding hydrogens is 299 g/mol. The van der Waals surface area contributed by atoms with Crippen molar-refractivity contribution >= 4 is 6.98 Å². The summed E-state index contributed by atoms with van der Waals surface area (Å²) in [7, 11) is 0. The van der Waals surface area contributed by atoms with Gasteiger partial charge in [0, 0.05) is 12.8 Å². The van der Waals surface area contributed by atoms with Gasteiger partial charge < -0.3 is 17.7 Å². The molecule has 0 amide bonds. The zero-order valence-electron chi connectivity index (χ0n) is 12.7. The molecule has 2 nitrogen and oxygen atoms in total. The molecule has 0 atom stereocenters. The molecule has 1 saturated heterocycles. The van der Waals surface area contributed by atoms with Crippen molar-refractivity contribution in [2.75, 3.05) is 26.4 Å². The molecule has 0 bridgehead atoms. The smallest absolute Gasteiger partial charge is 0.443 e. The predicted octanol–water partition coefficient (Wildman–Crippen LogP) is 4.32. The van der Waals surface area contributed by atoms with E-state index in [2.05, 4.69) is 20.8 Å². The Morgan fingerprint density at radius 1 is 1.10 bits per heavy atom. The van der Waals surface area contributed by atoms with E-state index in [0.717, 1.165) is 25.8 Å². The van der Waals surface area contributed by atoms with Gasteiger partial charge in [-0.25, -0.2) is 13.2 Å². The number of alkyl halides is 3. The number of likely N-dealkylation sites (tertiary alicyclic amines) is 1. The fraction of sp³-hybridized carbons (Fsp3) is 1.00. The summed E-state index contributed by atoms with van der Waals surface area (Å²) >= 11 is 0. The molecule has 128 valence electrons. The molecule has 1 aliphatic rings.